The van der Waals surface area contributed by atoms with E-state index in [-0.39, 0.29) is 56.1 Å². The number of ether oxygens (including phenoxy) is 4. The molecule has 4 aromatic carbocycles. The number of benzene rings is 4. The van der Waals surface area contributed by atoms with Crippen LogP contribution < -0.4 is 20.5 Å². The van der Waals surface area contributed by atoms with E-state index < -0.39 is 31.6 Å². The molecule has 15 heteroatoms. The summed E-state index contributed by atoms with van der Waals surface area (Å²) in [5.74, 6) is 1.16. The predicted octanol–water partition coefficient (Wildman–Crippen LogP) is 9.72. The maximum atomic E-state index is 14.2. The first-order valence-corrected chi connectivity index (χ1v) is 24.7. The van der Waals surface area contributed by atoms with Gasteiger partial charge in [-0.2, -0.15) is 10.2 Å². The number of amides is 1. The zero-order chi connectivity index (χ0) is 48.1. The molecule has 1 aliphatic carbocycles. The van der Waals surface area contributed by atoms with E-state index in [1.807, 2.05) is 72.8 Å². The summed E-state index contributed by atoms with van der Waals surface area (Å²) in [5.41, 5.74) is 0.0217. The van der Waals surface area contributed by atoms with Gasteiger partial charge in [-0.3, -0.25) is 14.3 Å². The van der Waals surface area contributed by atoms with Crippen LogP contribution >= 0.6 is 8.53 Å². The van der Waals surface area contributed by atoms with Gasteiger partial charge < -0.3 is 33.3 Å². The Hall–Kier alpha value is -5.49. The van der Waals surface area contributed by atoms with E-state index in [1.165, 1.54) is 4.57 Å². The predicted molar refractivity (Wildman–Crippen MR) is 264 cm³/mol. The average molecular weight is 945 g/mol. The maximum absolute atomic E-state index is 14.2. The zero-order valence-electron chi connectivity index (χ0n) is 40.1. The van der Waals surface area contributed by atoms with Gasteiger partial charge in [-0.25, -0.2) is 9.46 Å². The molecule has 1 aliphatic heterocycles. The van der Waals surface area contributed by atoms with E-state index >= 15 is 0 Å². The Morgan fingerprint density at radius 3 is 1.99 bits per heavy atom. The minimum absolute atomic E-state index is 0.00219. The van der Waals surface area contributed by atoms with Gasteiger partial charge in [0.2, 0.25) is 0 Å². The summed E-state index contributed by atoms with van der Waals surface area (Å²) in [5, 5.41) is 12.3. The van der Waals surface area contributed by atoms with Crippen molar-refractivity contribution >= 4 is 20.3 Å². The van der Waals surface area contributed by atoms with Gasteiger partial charge >= 0.3 is 5.69 Å². The molecule has 1 unspecified atom stereocenters. The molecular formula is C53H65N6O8P. The van der Waals surface area contributed by atoms with Crippen LogP contribution in [-0.4, -0.2) is 95.9 Å². The van der Waals surface area contributed by atoms with Crippen LogP contribution in [0.2, 0.25) is 0 Å². The van der Waals surface area contributed by atoms with Gasteiger partial charge in [0.05, 0.1) is 46.5 Å². The summed E-state index contributed by atoms with van der Waals surface area (Å²) in [7, 11) is 1.58. The number of carbonyl (C=O) groups excluding carboxylic acids is 1. The Labute approximate surface area is 402 Å². The molecule has 5 aromatic rings. The lowest BCUT2D eigenvalue weighted by molar-refractivity contribution is -0.234. The Kier molecular flexibility index (Phi) is 17.6. The number of morpholine rings is 1. The van der Waals surface area contributed by atoms with E-state index in [1.54, 1.807) is 50.7 Å². The van der Waals surface area contributed by atoms with Gasteiger partial charge in [0.15, 0.2) is 6.23 Å². The minimum Gasteiger partial charge on any atom is -0.497 e. The molecule has 0 radical (unpaired) electrons. The highest BCUT2D eigenvalue weighted by Gasteiger charge is 2.49. The number of anilines is 1. The van der Waals surface area contributed by atoms with E-state index in [4.69, 9.17) is 28.0 Å². The molecule has 2 fully saturated rings. The van der Waals surface area contributed by atoms with E-state index in [0.29, 0.717) is 30.2 Å². The van der Waals surface area contributed by atoms with Gasteiger partial charge in [0.1, 0.15) is 28.5 Å². The van der Waals surface area contributed by atoms with Gasteiger partial charge in [-0.1, -0.05) is 92.1 Å². The zero-order valence-corrected chi connectivity index (χ0v) is 41.0. The Morgan fingerprint density at radius 1 is 0.838 bits per heavy atom. The van der Waals surface area contributed by atoms with Crippen molar-refractivity contribution in [1.29, 1.82) is 5.26 Å². The molecule has 2 heterocycles. The normalized spacial score (nSPS) is 18.6. The second kappa shape index (κ2) is 23.7. The number of hydrogen-bond donors (Lipinski definition) is 1. The quantitative estimate of drug-likeness (QED) is 0.0424. The second-order valence-corrected chi connectivity index (χ2v) is 19.4. The molecule has 14 nitrogen and oxygen atoms in total. The third-order valence-corrected chi connectivity index (χ3v) is 14.7. The van der Waals surface area contributed by atoms with Crippen molar-refractivity contribution in [3.63, 3.8) is 0 Å². The summed E-state index contributed by atoms with van der Waals surface area (Å²) in [6.07, 6.45) is 6.33. The molecule has 1 saturated heterocycles. The first-order chi connectivity index (χ1) is 33.0. The van der Waals surface area contributed by atoms with Crippen molar-refractivity contribution in [3.8, 4) is 17.6 Å². The summed E-state index contributed by atoms with van der Waals surface area (Å²) in [6, 6.07) is 38.9. The number of rotatable bonds is 21. The molecule has 1 saturated carbocycles. The lowest BCUT2D eigenvalue weighted by Gasteiger charge is -2.50. The molecule has 1 amide bonds. The van der Waals surface area contributed by atoms with E-state index in [0.717, 1.165) is 48.8 Å². The lowest BCUT2D eigenvalue weighted by atomic mass is 9.79. The maximum Gasteiger partial charge on any atom is 0.351 e. The number of aromatic nitrogens is 2. The summed E-state index contributed by atoms with van der Waals surface area (Å²) >= 11 is 0. The van der Waals surface area contributed by atoms with Gasteiger partial charge in [0.25, 0.3) is 14.4 Å². The number of nitrogens with zero attached hydrogens (tertiary/aromatic N) is 5. The first-order valence-electron chi connectivity index (χ1n) is 23.6. The molecular weight excluding hydrogens is 880 g/mol. The van der Waals surface area contributed by atoms with Crippen molar-refractivity contribution < 1.29 is 32.8 Å². The highest BCUT2D eigenvalue weighted by molar-refractivity contribution is 7.44. The molecule has 0 spiro atoms. The fourth-order valence-corrected chi connectivity index (χ4v) is 11.0. The fraction of sp³-hybridized carbons (Fsp3) is 0.434. The van der Waals surface area contributed by atoms with Crippen LogP contribution in [0.3, 0.4) is 0 Å². The topological polar surface area (TPSA) is 150 Å². The van der Waals surface area contributed by atoms with Crippen LogP contribution in [-0.2, 0) is 24.1 Å². The minimum atomic E-state index is -1.71. The SMILES string of the molecule is COc1ccc(C(OC[C@]2(COP(OCCC#N)N(C(C)C)C(C)C)CN(C3CCCCC3)C[C@H](n3ccc(NC(=O)c4ccccc4)nc3=O)O2)(c2ccccc2)c2ccc(OC)cc2)cc1. The summed E-state index contributed by atoms with van der Waals surface area (Å²) in [4.78, 5) is 34.2. The number of carbonyl (C=O) groups is 1. The lowest BCUT2D eigenvalue weighted by Crippen LogP contribution is -2.62. The van der Waals surface area contributed by atoms with Crippen molar-refractivity contribution in [1.82, 2.24) is 19.1 Å². The van der Waals surface area contributed by atoms with Gasteiger partial charge in [0, 0.05) is 43.0 Å². The van der Waals surface area contributed by atoms with Crippen molar-refractivity contribution in [2.24, 2.45) is 0 Å². The van der Waals surface area contributed by atoms with Gasteiger partial charge in [-0.15, -0.1) is 0 Å². The molecule has 3 atom stereocenters. The van der Waals surface area contributed by atoms with Crippen LogP contribution in [0.25, 0.3) is 0 Å². The average Bonchev–Trinajstić information content (AvgIpc) is 3.36. The van der Waals surface area contributed by atoms with Crippen molar-refractivity contribution in [2.45, 2.75) is 102 Å². The molecule has 360 valence electrons. The first kappa shape index (κ1) is 50.4. The summed E-state index contributed by atoms with van der Waals surface area (Å²) < 4.78 is 43.5. The number of methoxy groups -OCH3 is 2. The highest BCUT2D eigenvalue weighted by Crippen LogP contribution is 2.49. The second-order valence-electron chi connectivity index (χ2n) is 17.9. The van der Waals surface area contributed by atoms with Crippen LogP contribution in [0.15, 0.2) is 126 Å². The van der Waals surface area contributed by atoms with E-state index in [9.17, 15) is 14.9 Å². The third kappa shape index (κ3) is 12.0. The molecule has 68 heavy (non-hydrogen) atoms. The molecule has 0 bridgehead atoms. The molecule has 7 rings (SSSR count). The Morgan fingerprint density at radius 2 is 1.43 bits per heavy atom. The van der Waals surface area contributed by atoms with Crippen molar-refractivity contribution in [2.75, 3.05) is 52.4 Å². The smallest absolute Gasteiger partial charge is 0.351 e. The highest BCUT2D eigenvalue weighted by atomic mass is 31.2. The van der Waals surface area contributed by atoms with Crippen LogP contribution in [0.5, 0.6) is 11.5 Å². The van der Waals surface area contributed by atoms with Gasteiger partial charge in [-0.05, 0) is 99.7 Å². The molecule has 1 aromatic heterocycles. The van der Waals surface area contributed by atoms with E-state index in [2.05, 4.69) is 65.8 Å². The fourth-order valence-electron chi connectivity index (χ4n) is 9.35. The third-order valence-electron chi connectivity index (χ3n) is 12.6. The number of nitriles is 1. The number of hydrogen-bond acceptors (Lipinski definition) is 12. The molecule has 1 N–H and O–H groups in total. The Balaban J connectivity index is 1.36. The Bertz CT molecular complexity index is 2410. The molecule has 2 aliphatic rings. The van der Waals surface area contributed by atoms with Crippen LogP contribution in [0, 0.1) is 11.3 Å². The van der Waals surface area contributed by atoms with Crippen LogP contribution in [0.4, 0.5) is 5.82 Å². The standard InChI is InChI=1S/C53H65N6O8P/c1-39(2)59(40(3)4)68(65-34-16-32-54)66-38-52(37-64-53(42-19-12-8-13-20-42,43-23-27-46(62-5)28-24-43)44-25-29-47(63-6)30-26-44)36-57(45-21-14-9-15-22-45)35-49(67-52)58-33-31-48(56-51(58)61)55-50(60)41-17-10-7-11-18-41/h7-8,10-13,17-20,23-31,33,39-40,45,49H,9,14-16,21-22,34-38H2,1-6H3,(H,55,56,60,61)/t49-,52+,68?/m1/s1. The number of nitrogens with one attached hydrogen (secondary N) is 1. The van der Waals surface area contributed by atoms with Crippen molar-refractivity contribution in [3.05, 3.63) is 154 Å². The summed E-state index contributed by atoms with van der Waals surface area (Å²) in [6.45, 7) is 9.45. The van der Waals surface area contributed by atoms with Crippen LogP contribution in [0.1, 0.15) is 99.5 Å². The monoisotopic (exact) mass is 944 g/mol. The largest absolute Gasteiger partial charge is 0.497 e.